The van der Waals surface area contributed by atoms with Crippen molar-refractivity contribution in [3.8, 4) is 6.07 Å². The van der Waals surface area contributed by atoms with Crippen LogP contribution >= 0.6 is 23.1 Å². The molecule has 0 saturated carbocycles. The standard InChI is InChI=1S/C29H22N4O4S2/c1-36-27(34)24-23(17-8-4-3-5-9-17)20(16-30)26(31)33(25(24)28(35)37-2)18-12-14-19(15-13-18)38-29-32-21-10-6-7-11-22(21)39-29/h3-15,23H,31H2,1-2H3. The number of benzene rings is 3. The van der Waals surface area contributed by atoms with Crippen LogP contribution in [0.3, 0.4) is 0 Å². The average molecular weight is 555 g/mol. The number of thiazole rings is 1. The molecule has 1 atom stereocenters. The van der Waals surface area contributed by atoms with Crippen LogP contribution in [0, 0.1) is 11.3 Å². The molecule has 8 nitrogen and oxygen atoms in total. The lowest BCUT2D eigenvalue weighted by atomic mass is 9.81. The molecule has 0 spiro atoms. The van der Waals surface area contributed by atoms with E-state index in [0.717, 1.165) is 19.5 Å². The fourth-order valence-corrected chi connectivity index (χ4v) is 6.48. The zero-order chi connectivity index (χ0) is 27.5. The topological polar surface area (TPSA) is 119 Å². The Kier molecular flexibility index (Phi) is 7.36. The number of hydrogen-bond donors (Lipinski definition) is 1. The molecular weight excluding hydrogens is 532 g/mol. The highest BCUT2D eigenvalue weighted by Gasteiger charge is 2.42. The minimum atomic E-state index is -0.914. The monoisotopic (exact) mass is 554 g/mol. The van der Waals surface area contributed by atoms with E-state index in [2.05, 4.69) is 11.1 Å². The number of anilines is 1. The molecule has 0 aliphatic carbocycles. The van der Waals surface area contributed by atoms with Crippen LogP contribution in [-0.4, -0.2) is 31.1 Å². The van der Waals surface area contributed by atoms with Crippen molar-refractivity contribution >= 4 is 50.9 Å². The summed E-state index contributed by atoms with van der Waals surface area (Å²) in [6.07, 6.45) is 0. The molecule has 39 heavy (non-hydrogen) atoms. The molecule has 4 aromatic rings. The molecule has 0 radical (unpaired) electrons. The number of carbonyl (C=O) groups excluding carboxylic acids is 2. The van der Waals surface area contributed by atoms with Gasteiger partial charge in [0, 0.05) is 10.6 Å². The van der Waals surface area contributed by atoms with E-state index >= 15 is 0 Å². The highest BCUT2D eigenvalue weighted by molar-refractivity contribution is 8.01. The molecular formula is C29H22N4O4S2. The predicted octanol–water partition coefficient (Wildman–Crippen LogP) is 5.35. The summed E-state index contributed by atoms with van der Waals surface area (Å²) >= 11 is 3.11. The van der Waals surface area contributed by atoms with E-state index in [9.17, 15) is 14.9 Å². The van der Waals surface area contributed by atoms with E-state index in [1.165, 1.54) is 30.9 Å². The molecule has 1 aliphatic rings. The number of para-hydroxylation sites is 1. The zero-order valence-electron chi connectivity index (χ0n) is 21.0. The van der Waals surface area contributed by atoms with Gasteiger partial charge < -0.3 is 15.2 Å². The van der Waals surface area contributed by atoms with Crippen LogP contribution in [0.15, 0.2) is 111 Å². The Morgan fingerprint density at radius 1 is 0.974 bits per heavy atom. The normalized spacial score (nSPS) is 15.3. The van der Waals surface area contributed by atoms with Gasteiger partial charge in [0.15, 0.2) is 4.34 Å². The maximum absolute atomic E-state index is 13.2. The number of hydrogen-bond acceptors (Lipinski definition) is 10. The smallest absolute Gasteiger partial charge is 0.355 e. The lowest BCUT2D eigenvalue weighted by molar-refractivity contribution is -0.139. The lowest BCUT2D eigenvalue weighted by Gasteiger charge is -2.35. The molecule has 0 bridgehead atoms. The largest absolute Gasteiger partial charge is 0.466 e. The van der Waals surface area contributed by atoms with Gasteiger partial charge >= 0.3 is 11.9 Å². The van der Waals surface area contributed by atoms with Crippen LogP contribution in [-0.2, 0) is 19.1 Å². The Bertz CT molecular complexity index is 1640. The number of carbonyl (C=O) groups is 2. The number of esters is 2. The molecule has 5 rings (SSSR count). The molecule has 1 aromatic heterocycles. The van der Waals surface area contributed by atoms with E-state index in [4.69, 9.17) is 15.2 Å². The fourth-order valence-electron chi connectivity index (χ4n) is 4.44. The van der Waals surface area contributed by atoms with Crippen LogP contribution in [0.2, 0.25) is 0 Å². The molecule has 2 N–H and O–H groups in total. The summed E-state index contributed by atoms with van der Waals surface area (Å²) in [5.41, 5.74) is 8.55. The van der Waals surface area contributed by atoms with Gasteiger partial charge in [-0.1, -0.05) is 54.2 Å². The first-order chi connectivity index (χ1) is 19.0. The summed E-state index contributed by atoms with van der Waals surface area (Å²) in [6, 6.07) is 26.2. The molecule has 194 valence electrons. The molecule has 0 amide bonds. The predicted molar refractivity (Wildman–Crippen MR) is 150 cm³/mol. The molecule has 1 unspecified atom stereocenters. The van der Waals surface area contributed by atoms with Crippen molar-refractivity contribution in [2.75, 3.05) is 19.1 Å². The summed E-state index contributed by atoms with van der Waals surface area (Å²) in [5, 5.41) is 10.2. The number of rotatable bonds is 6. The Morgan fingerprint density at radius 3 is 2.28 bits per heavy atom. The van der Waals surface area contributed by atoms with Crippen molar-refractivity contribution in [3.05, 3.63) is 107 Å². The van der Waals surface area contributed by atoms with Gasteiger partial charge in [0.2, 0.25) is 0 Å². The summed E-state index contributed by atoms with van der Waals surface area (Å²) in [4.78, 5) is 33.3. The first-order valence-corrected chi connectivity index (χ1v) is 13.4. The number of nitrogens with two attached hydrogens (primary N) is 1. The van der Waals surface area contributed by atoms with Crippen molar-refractivity contribution in [1.82, 2.24) is 4.98 Å². The van der Waals surface area contributed by atoms with Crippen molar-refractivity contribution in [2.45, 2.75) is 15.2 Å². The van der Waals surface area contributed by atoms with Crippen LogP contribution in [0.4, 0.5) is 5.69 Å². The first-order valence-electron chi connectivity index (χ1n) is 11.8. The van der Waals surface area contributed by atoms with Gasteiger partial charge in [-0.15, -0.1) is 11.3 Å². The average Bonchev–Trinajstić information content (AvgIpc) is 3.39. The molecule has 3 aromatic carbocycles. The maximum atomic E-state index is 13.2. The quantitative estimate of drug-likeness (QED) is 0.315. The second-order valence-corrected chi connectivity index (χ2v) is 10.7. The van der Waals surface area contributed by atoms with Crippen molar-refractivity contribution in [3.63, 3.8) is 0 Å². The van der Waals surface area contributed by atoms with Gasteiger partial charge in [-0.25, -0.2) is 14.6 Å². The Hall–Kier alpha value is -4.59. The number of aromatic nitrogens is 1. The van der Waals surface area contributed by atoms with Gasteiger partial charge in [-0.05, 0) is 42.0 Å². The van der Waals surface area contributed by atoms with Crippen LogP contribution in [0.1, 0.15) is 11.5 Å². The zero-order valence-corrected chi connectivity index (χ0v) is 22.6. The second-order valence-electron chi connectivity index (χ2n) is 8.38. The summed E-state index contributed by atoms with van der Waals surface area (Å²) in [7, 11) is 2.44. The van der Waals surface area contributed by atoms with E-state index in [1.54, 1.807) is 47.7 Å². The molecule has 2 heterocycles. The summed E-state index contributed by atoms with van der Waals surface area (Å²) in [6.45, 7) is 0. The van der Waals surface area contributed by atoms with Crippen LogP contribution in [0.25, 0.3) is 10.2 Å². The van der Waals surface area contributed by atoms with Gasteiger partial charge in [0.1, 0.15) is 11.5 Å². The van der Waals surface area contributed by atoms with Crippen molar-refractivity contribution < 1.29 is 19.1 Å². The van der Waals surface area contributed by atoms with Gasteiger partial charge in [-0.3, -0.25) is 4.90 Å². The summed E-state index contributed by atoms with van der Waals surface area (Å²) < 4.78 is 12.1. The molecule has 0 saturated heterocycles. The van der Waals surface area contributed by atoms with Crippen molar-refractivity contribution in [2.24, 2.45) is 5.73 Å². The molecule has 1 aliphatic heterocycles. The minimum absolute atomic E-state index is 0.0194. The third-order valence-corrected chi connectivity index (χ3v) is 8.29. The van der Waals surface area contributed by atoms with Crippen LogP contribution < -0.4 is 10.6 Å². The van der Waals surface area contributed by atoms with Crippen molar-refractivity contribution in [1.29, 1.82) is 5.26 Å². The Labute approximate surface area is 233 Å². The number of allylic oxidation sites excluding steroid dienone is 1. The van der Waals surface area contributed by atoms with E-state index in [1.807, 2.05) is 42.5 Å². The number of ether oxygens (including phenoxy) is 2. The highest BCUT2D eigenvalue weighted by Crippen LogP contribution is 2.43. The number of methoxy groups -OCH3 is 2. The maximum Gasteiger partial charge on any atom is 0.355 e. The highest BCUT2D eigenvalue weighted by atomic mass is 32.2. The first kappa shape index (κ1) is 26.0. The Balaban J connectivity index is 1.60. The summed E-state index contributed by atoms with van der Waals surface area (Å²) in [5.74, 6) is -2.45. The second kappa shape index (κ2) is 11.0. The van der Waals surface area contributed by atoms with Crippen LogP contribution in [0.5, 0.6) is 0 Å². The van der Waals surface area contributed by atoms with E-state index < -0.39 is 17.9 Å². The fraction of sp³-hybridized carbons (Fsp3) is 0.103. The van der Waals surface area contributed by atoms with Gasteiger partial charge in [0.25, 0.3) is 0 Å². The Morgan fingerprint density at radius 2 is 1.64 bits per heavy atom. The molecule has 10 heteroatoms. The third kappa shape index (κ3) is 4.85. The number of fused-ring (bicyclic) bond motifs is 1. The third-order valence-electron chi connectivity index (χ3n) is 6.18. The SMILES string of the molecule is COC(=O)C1=C(C(=O)OC)N(c2ccc(Sc3nc4ccccc4s3)cc2)C(N)=C(C#N)C1c1ccccc1. The van der Waals surface area contributed by atoms with Gasteiger partial charge in [0.05, 0.1) is 47.6 Å². The minimum Gasteiger partial charge on any atom is -0.466 e. The number of nitriles is 1. The number of nitrogens with zero attached hydrogens (tertiary/aromatic N) is 3. The van der Waals surface area contributed by atoms with Gasteiger partial charge in [-0.2, -0.15) is 5.26 Å². The molecule has 0 fully saturated rings. The lowest BCUT2D eigenvalue weighted by Crippen LogP contribution is -2.40. The van der Waals surface area contributed by atoms with E-state index in [0.29, 0.717) is 11.3 Å². The van der Waals surface area contributed by atoms with E-state index in [-0.39, 0.29) is 22.7 Å².